The molecule has 0 aliphatic rings. The molecule has 1 aromatic rings. The number of carbonyl (C=O) groups is 1. The van der Waals surface area contributed by atoms with E-state index in [4.69, 9.17) is 4.74 Å². The molecule has 3 nitrogen and oxygen atoms in total. The molecule has 1 aromatic carbocycles. The van der Waals surface area contributed by atoms with Gasteiger partial charge in [-0.25, -0.2) is 0 Å². The summed E-state index contributed by atoms with van der Waals surface area (Å²) in [7, 11) is 1.65. The Labute approximate surface area is 116 Å². The molecular formula is C16H25NO2. The number of ether oxygens (including phenoxy) is 1. The van der Waals surface area contributed by atoms with Gasteiger partial charge in [0, 0.05) is 13.0 Å². The van der Waals surface area contributed by atoms with E-state index in [1.807, 2.05) is 24.3 Å². The topological polar surface area (TPSA) is 38.3 Å². The fraction of sp³-hybridized carbons (Fsp3) is 0.562. The van der Waals surface area contributed by atoms with E-state index in [-0.39, 0.29) is 5.91 Å². The van der Waals surface area contributed by atoms with Crippen molar-refractivity contribution in [1.29, 1.82) is 0 Å². The Balaban J connectivity index is 2.18. The number of unbranched alkanes of at least 4 members (excludes halogenated alkanes) is 3. The standard InChI is InChI=1S/C16H25NO2/c1-3-4-5-6-12-17-16(18)11-10-14-8-7-9-15(13-14)19-2/h7-9,13H,3-6,10-12H2,1-2H3,(H,17,18). The fourth-order valence-corrected chi connectivity index (χ4v) is 1.95. The van der Waals surface area contributed by atoms with Crippen LogP contribution < -0.4 is 10.1 Å². The van der Waals surface area contributed by atoms with Gasteiger partial charge in [-0.15, -0.1) is 0 Å². The highest BCUT2D eigenvalue weighted by Crippen LogP contribution is 2.13. The summed E-state index contributed by atoms with van der Waals surface area (Å²) >= 11 is 0. The van der Waals surface area contributed by atoms with Crippen LogP contribution in [0.5, 0.6) is 5.75 Å². The Kier molecular flexibility index (Phi) is 7.71. The molecule has 0 atom stereocenters. The SMILES string of the molecule is CCCCCCNC(=O)CCc1cccc(OC)c1. The van der Waals surface area contributed by atoms with Gasteiger partial charge in [-0.2, -0.15) is 0 Å². The minimum absolute atomic E-state index is 0.138. The van der Waals surface area contributed by atoms with Crippen LogP contribution >= 0.6 is 0 Å². The summed E-state index contributed by atoms with van der Waals surface area (Å²) in [4.78, 5) is 11.7. The second kappa shape index (κ2) is 9.42. The molecule has 0 spiro atoms. The first-order valence-electron chi connectivity index (χ1n) is 7.16. The van der Waals surface area contributed by atoms with E-state index in [2.05, 4.69) is 12.2 Å². The lowest BCUT2D eigenvalue weighted by molar-refractivity contribution is -0.121. The second-order valence-electron chi connectivity index (χ2n) is 4.76. The van der Waals surface area contributed by atoms with Crippen LogP contribution in [0.4, 0.5) is 0 Å². The lowest BCUT2D eigenvalue weighted by Crippen LogP contribution is -2.24. The summed E-state index contributed by atoms with van der Waals surface area (Å²) in [5.41, 5.74) is 1.14. The molecule has 0 heterocycles. The van der Waals surface area contributed by atoms with E-state index in [1.165, 1.54) is 19.3 Å². The number of methoxy groups -OCH3 is 1. The van der Waals surface area contributed by atoms with Crippen LogP contribution in [0.15, 0.2) is 24.3 Å². The number of carbonyl (C=O) groups excluding carboxylic acids is 1. The normalized spacial score (nSPS) is 10.2. The second-order valence-corrected chi connectivity index (χ2v) is 4.76. The smallest absolute Gasteiger partial charge is 0.220 e. The molecule has 1 rings (SSSR count). The Morgan fingerprint density at radius 2 is 2.11 bits per heavy atom. The molecule has 0 aliphatic heterocycles. The minimum atomic E-state index is 0.138. The van der Waals surface area contributed by atoms with Crippen LogP contribution in [-0.4, -0.2) is 19.6 Å². The lowest BCUT2D eigenvalue weighted by Gasteiger charge is -2.06. The summed E-state index contributed by atoms with van der Waals surface area (Å²) in [6.07, 6.45) is 6.06. The molecule has 1 N–H and O–H groups in total. The molecule has 0 saturated heterocycles. The van der Waals surface area contributed by atoms with E-state index in [9.17, 15) is 4.79 Å². The van der Waals surface area contributed by atoms with Gasteiger partial charge in [0.05, 0.1) is 7.11 Å². The molecule has 106 valence electrons. The Bertz CT molecular complexity index is 377. The lowest BCUT2D eigenvalue weighted by atomic mass is 10.1. The maximum absolute atomic E-state index is 11.7. The van der Waals surface area contributed by atoms with Crippen molar-refractivity contribution in [2.75, 3.05) is 13.7 Å². The van der Waals surface area contributed by atoms with E-state index in [0.29, 0.717) is 6.42 Å². The number of amides is 1. The van der Waals surface area contributed by atoms with Gasteiger partial charge in [-0.05, 0) is 30.5 Å². The van der Waals surface area contributed by atoms with Crippen molar-refractivity contribution in [3.8, 4) is 5.75 Å². The molecule has 0 fully saturated rings. The molecular weight excluding hydrogens is 238 g/mol. The zero-order valence-electron chi connectivity index (χ0n) is 12.1. The first-order valence-corrected chi connectivity index (χ1v) is 7.16. The number of aryl methyl sites for hydroxylation is 1. The third-order valence-electron chi connectivity index (χ3n) is 3.13. The summed E-state index contributed by atoms with van der Waals surface area (Å²) in [5, 5.41) is 2.97. The first kappa shape index (κ1) is 15.5. The average Bonchev–Trinajstić information content (AvgIpc) is 2.45. The fourth-order valence-electron chi connectivity index (χ4n) is 1.95. The van der Waals surface area contributed by atoms with E-state index in [0.717, 1.165) is 30.7 Å². The highest BCUT2D eigenvalue weighted by atomic mass is 16.5. The highest BCUT2D eigenvalue weighted by Gasteiger charge is 2.02. The molecule has 0 saturated carbocycles. The molecule has 0 unspecified atom stereocenters. The number of hydrogen-bond acceptors (Lipinski definition) is 2. The van der Waals surface area contributed by atoms with Crippen molar-refractivity contribution in [3.63, 3.8) is 0 Å². The third kappa shape index (κ3) is 6.85. The van der Waals surface area contributed by atoms with Crippen molar-refractivity contribution < 1.29 is 9.53 Å². The zero-order chi connectivity index (χ0) is 13.9. The van der Waals surface area contributed by atoms with Crippen molar-refractivity contribution in [3.05, 3.63) is 29.8 Å². The monoisotopic (exact) mass is 263 g/mol. The predicted molar refractivity (Wildman–Crippen MR) is 78.5 cm³/mol. The van der Waals surface area contributed by atoms with Crippen LogP contribution in [0.3, 0.4) is 0 Å². The van der Waals surface area contributed by atoms with E-state index in [1.54, 1.807) is 7.11 Å². The summed E-state index contributed by atoms with van der Waals surface area (Å²) in [5.74, 6) is 0.983. The quantitative estimate of drug-likeness (QED) is 0.694. The highest BCUT2D eigenvalue weighted by molar-refractivity contribution is 5.76. The van der Waals surface area contributed by atoms with Crippen LogP contribution in [0.25, 0.3) is 0 Å². The summed E-state index contributed by atoms with van der Waals surface area (Å²) in [6, 6.07) is 7.87. The Morgan fingerprint density at radius 3 is 2.84 bits per heavy atom. The average molecular weight is 263 g/mol. The van der Waals surface area contributed by atoms with Gasteiger partial charge in [0.15, 0.2) is 0 Å². The van der Waals surface area contributed by atoms with Gasteiger partial charge < -0.3 is 10.1 Å². The van der Waals surface area contributed by atoms with Crippen LogP contribution in [0, 0.1) is 0 Å². The Hall–Kier alpha value is -1.51. The maximum atomic E-state index is 11.7. The Morgan fingerprint density at radius 1 is 1.26 bits per heavy atom. The minimum Gasteiger partial charge on any atom is -0.497 e. The summed E-state index contributed by atoms with van der Waals surface area (Å²) < 4.78 is 5.16. The molecule has 0 bridgehead atoms. The van der Waals surface area contributed by atoms with Gasteiger partial charge in [0.1, 0.15) is 5.75 Å². The van der Waals surface area contributed by atoms with E-state index >= 15 is 0 Å². The van der Waals surface area contributed by atoms with Crippen LogP contribution in [0.1, 0.15) is 44.6 Å². The molecule has 0 radical (unpaired) electrons. The number of nitrogens with one attached hydrogen (secondary N) is 1. The van der Waals surface area contributed by atoms with Crippen molar-refractivity contribution in [1.82, 2.24) is 5.32 Å². The molecule has 1 amide bonds. The molecule has 19 heavy (non-hydrogen) atoms. The van der Waals surface area contributed by atoms with Gasteiger partial charge in [-0.1, -0.05) is 38.3 Å². The number of rotatable bonds is 9. The van der Waals surface area contributed by atoms with Gasteiger partial charge in [-0.3, -0.25) is 4.79 Å². The van der Waals surface area contributed by atoms with E-state index < -0.39 is 0 Å². The van der Waals surface area contributed by atoms with Crippen molar-refractivity contribution in [2.45, 2.75) is 45.4 Å². The zero-order valence-corrected chi connectivity index (χ0v) is 12.1. The van der Waals surface area contributed by atoms with Crippen LogP contribution in [0.2, 0.25) is 0 Å². The largest absolute Gasteiger partial charge is 0.497 e. The number of benzene rings is 1. The van der Waals surface area contributed by atoms with Gasteiger partial charge in [0.2, 0.25) is 5.91 Å². The van der Waals surface area contributed by atoms with Gasteiger partial charge >= 0.3 is 0 Å². The van der Waals surface area contributed by atoms with Gasteiger partial charge in [0.25, 0.3) is 0 Å². The molecule has 0 aromatic heterocycles. The van der Waals surface area contributed by atoms with Crippen LogP contribution in [-0.2, 0) is 11.2 Å². The van der Waals surface area contributed by atoms with Crippen molar-refractivity contribution in [2.24, 2.45) is 0 Å². The molecule has 3 heteroatoms. The summed E-state index contributed by atoms with van der Waals surface area (Å²) in [6.45, 7) is 2.99. The predicted octanol–water partition coefficient (Wildman–Crippen LogP) is 3.32. The van der Waals surface area contributed by atoms with Crippen molar-refractivity contribution >= 4 is 5.91 Å². The molecule has 0 aliphatic carbocycles. The number of hydrogen-bond donors (Lipinski definition) is 1. The first-order chi connectivity index (χ1) is 9.26. The third-order valence-corrected chi connectivity index (χ3v) is 3.13. The maximum Gasteiger partial charge on any atom is 0.220 e.